The van der Waals surface area contributed by atoms with E-state index in [0.717, 1.165) is 11.1 Å². The maximum absolute atomic E-state index is 11.8. The number of carboxylic acid groups (broad SMARTS) is 1. The minimum absolute atomic E-state index is 0.123. The van der Waals surface area contributed by atoms with Crippen LogP contribution in [-0.4, -0.2) is 42.6 Å². The molecule has 1 N–H and O–H groups in total. The highest BCUT2D eigenvalue weighted by atomic mass is 16.5. The largest absolute Gasteiger partial charge is 0.493 e. The Morgan fingerprint density at radius 2 is 1.90 bits per heavy atom. The fourth-order valence-corrected chi connectivity index (χ4v) is 2.79. The van der Waals surface area contributed by atoms with Gasteiger partial charge in [-0.2, -0.15) is 0 Å². The molecular formula is C15H19NO5. The Kier molecular flexibility index (Phi) is 4.35. The average molecular weight is 293 g/mol. The maximum Gasteiger partial charge on any atom is 0.305 e. The van der Waals surface area contributed by atoms with Gasteiger partial charge in [0.2, 0.25) is 5.91 Å². The van der Waals surface area contributed by atoms with Crippen molar-refractivity contribution in [2.24, 2.45) is 0 Å². The van der Waals surface area contributed by atoms with Gasteiger partial charge in [0.05, 0.1) is 26.7 Å². The summed E-state index contributed by atoms with van der Waals surface area (Å²) in [5.41, 5.74) is 1.81. The SMILES string of the molecule is COc1cc2c(cc1OC)[C@H](CC(=O)O)N(C(C)=O)CC2. The highest BCUT2D eigenvalue weighted by Gasteiger charge is 2.32. The second-order valence-electron chi connectivity index (χ2n) is 4.98. The smallest absolute Gasteiger partial charge is 0.305 e. The van der Waals surface area contributed by atoms with Crippen LogP contribution in [0.4, 0.5) is 0 Å². The number of rotatable bonds is 4. The molecule has 2 rings (SSSR count). The third-order valence-electron chi connectivity index (χ3n) is 3.78. The fourth-order valence-electron chi connectivity index (χ4n) is 2.79. The van der Waals surface area contributed by atoms with Gasteiger partial charge < -0.3 is 19.5 Å². The van der Waals surface area contributed by atoms with Crippen LogP contribution in [0.2, 0.25) is 0 Å². The van der Waals surface area contributed by atoms with Crippen molar-refractivity contribution in [2.75, 3.05) is 20.8 Å². The molecule has 0 unspecified atom stereocenters. The Balaban J connectivity index is 2.51. The lowest BCUT2D eigenvalue weighted by atomic mass is 9.90. The number of amides is 1. The van der Waals surface area contributed by atoms with Gasteiger partial charge in [0.25, 0.3) is 0 Å². The Hall–Kier alpha value is -2.24. The van der Waals surface area contributed by atoms with Crippen LogP contribution >= 0.6 is 0 Å². The Morgan fingerprint density at radius 1 is 1.29 bits per heavy atom. The molecule has 0 aromatic heterocycles. The maximum atomic E-state index is 11.8. The molecule has 0 saturated carbocycles. The Morgan fingerprint density at radius 3 is 2.43 bits per heavy atom. The van der Waals surface area contributed by atoms with Crippen LogP contribution in [0.1, 0.15) is 30.5 Å². The van der Waals surface area contributed by atoms with Crippen LogP contribution in [0.3, 0.4) is 0 Å². The van der Waals surface area contributed by atoms with Gasteiger partial charge in [0.1, 0.15) is 0 Å². The van der Waals surface area contributed by atoms with Crippen LogP contribution in [0.25, 0.3) is 0 Å². The fraction of sp³-hybridized carbons (Fsp3) is 0.467. The summed E-state index contributed by atoms with van der Waals surface area (Å²) >= 11 is 0. The molecule has 114 valence electrons. The molecule has 6 nitrogen and oxygen atoms in total. The van der Waals surface area contributed by atoms with Gasteiger partial charge in [-0.25, -0.2) is 0 Å². The standard InChI is InChI=1S/C15H19NO5/c1-9(17)16-5-4-10-6-13(20-2)14(21-3)7-11(10)12(16)8-15(18)19/h6-7,12H,4-5,8H2,1-3H3,(H,18,19)/t12-/m0/s1. The highest BCUT2D eigenvalue weighted by molar-refractivity contribution is 5.76. The van der Waals surface area contributed by atoms with Gasteiger partial charge >= 0.3 is 5.97 Å². The van der Waals surface area contributed by atoms with Gasteiger partial charge in [0, 0.05) is 13.5 Å². The van der Waals surface area contributed by atoms with E-state index in [2.05, 4.69) is 0 Å². The van der Waals surface area contributed by atoms with Crippen molar-refractivity contribution in [3.05, 3.63) is 23.3 Å². The van der Waals surface area contributed by atoms with Gasteiger partial charge in [-0.1, -0.05) is 0 Å². The monoisotopic (exact) mass is 293 g/mol. The predicted molar refractivity (Wildman–Crippen MR) is 75.6 cm³/mol. The van der Waals surface area contributed by atoms with Crippen molar-refractivity contribution in [2.45, 2.75) is 25.8 Å². The summed E-state index contributed by atoms with van der Waals surface area (Å²) < 4.78 is 10.5. The number of carbonyl (C=O) groups is 2. The van der Waals surface area contributed by atoms with E-state index in [9.17, 15) is 9.59 Å². The van der Waals surface area contributed by atoms with E-state index in [-0.39, 0.29) is 12.3 Å². The van der Waals surface area contributed by atoms with Crippen molar-refractivity contribution < 1.29 is 24.2 Å². The molecule has 1 amide bonds. The van der Waals surface area contributed by atoms with Crippen molar-refractivity contribution in [1.29, 1.82) is 0 Å². The second-order valence-corrected chi connectivity index (χ2v) is 4.98. The quantitative estimate of drug-likeness (QED) is 0.913. The summed E-state index contributed by atoms with van der Waals surface area (Å²) in [6, 6.07) is 3.17. The first-order valence-corrected chi connectivity index (χ1v) is 6.71. The van der Waals surface area contributed by atoms with E-state index in [1.54, 1.807) is 18.1 Å². The average Bonchev–Trinajstić information content (AvgIpc) is 2.45. The van der Waals surface area contributed by atoms with Crippen LogP contribution in [0, 0.1) is 0 Å². The molecule has 1 atom stereocenters. The van der Waals surface area contributed by atoms with E-state index in [0.29, 0.717) is 24.5 Å². The zero-order valence-electron chi connectivity index (χ0n) is 12.4. The summed E-state index contributed by atoms with van der Waals surface area (Å²) in [7, 11) is 3.09. The first-order chi connectivity index (χ1) is 9.97. The molecule has 1 aliphatic rings. The molecule has 1 aromatic rings. The lowest BCUT2D eigenvalue weighted by Crippen LogP contribution is -2.39. The zero-order chi connectivity index (χ0) is 15.6. The van der Waals surface area contributed by atoms with Crippen LogP contribution in [0.15, 0.2) is 12.1 Å². The van der Waals surface area contributed by atoms with Gasteiger partial charge in [-0.15, -0.1) is 0 Å². The minimum Gasteiger partial charge on any atom is -0.493 e. The predicted octanol–water partition coefficient (Wildman–Crippen LogP) is 1.62. The molecular weight excluding hydrogens is 274 g/mol. The molecule has 1 aromatic carbocycles. The van der Waals surface area contributed by atoms with Crippen LogP contribution in [-0.2, 0) is 16.0 Å². The molecule has 1 aliphatic heterocycles. The molecule has 0 aliphatic carbocycles. The molecule has 0 spiro atoms. The van der Waals surface area contributed by atoms with Crippen molar-refractivity contribution in [1.82, 2.24) is 4.90 Å². The lowest BCUT2D eigenvalue weighted by molar-refractivity contribution is -0.140. The zero-order valence-corrected chi connectivity index (χ0v) is 12.4. The Bertz CT molecular complexity index is 569. The Labute approximate surface area is 123 Å². The third kappa shape index (κ3) is 2.94. The molecule has 0 radical (unpaired) electrons. The summed E-state index contributed by atoms with van der Waals surface area (Å²) in [5.74, 6) is 0.0919. The number of fused-ring (bicyclic) bond motifs is 1. The number of carboxylic acids is 1. The topological polar surface area (TPSA) is 76.1 Å². The van der Waals surface area contributed by atoms with E-state index in [1.807, 2.05) is 6.07 Å². The second kappa shape index (κ2) is 6.03. The van der Waals surface area contributed by atoms with E-state index >= 15 is 0 Å². The summed E-state index contributed by atoms with van der Waals surface area (Å²) in [4.78, 5) is 24.5. The minimum atomic E-state index is -0.936. The van der Waals surface area contributed by atoms with Gasteiger partial charge in [0.15, 0.2) is 11.5 Å². The number of aliphatic carboxylic acids is 1. The van der Waals surface area contributed by atoms with Crippen molar-refractivity contribution in [3.8, 4) is 11.5 Å². The molecule has 1 heterocycles. The highest BCUT2D eigenvalue weighted by Crippen LogP contribution is 2.39. The number of benzene rings is 1. The van der Waals surface area contributed by atoms with Gasteiger partial charge in [-0.3, -0.25) is 9.59 Å². The van der Waals surface area contributed by atoms with Gasteiger partial charge in [-0.05, 0) is 29.7 Å². The van der Waals surface area contributed by atoms with E-state index in [4.69, 9.17) is 14.6 Å². The molecule has 0 fully saturated rings. The molecule has 0 saturated heterocycles. The first kappa shape index (κ1) is 15.2. The summed E-state index contributed by atoms with van der Waals surface area (Å²) in [5, 5.41) is 9.12. The van der Waals surface area contributed by atoms with Crippen LogP contribution in [0.5, 0.6) is 11.5 Å². The summed E-state index contributed by atoms with van der Waals surface area (Å²) in [6.07, 6.45) is 0.549. The molecule has 6 heteroatoms. The number of methoxy groups -OCH3 is 2. The number of nitrogens with zero attached hydrogens (tertiary/aromatic N) is 1. The van der Waals surface area contributed by atoms with E-state index in [1.165, 1.54) is 14.0 Å². The third-order valence-corrected chi connectivity index (χ3v) is 3.78. The molecule has 21 heavy (non-hydrogen) atoms. The number of hydrogen-bond donors (Lipinski definition) is 1. The first-order valence-electron chi connectivity index (χ1n) is 6.71. The normalized spacial score (nSPS) is 17.1. The lowest BCUT2D eigenvalue weighted by Gasteiger charge is -2.36. The summed E-state index contributed by atoms with van der Waals surface area (Å²) in [6.45, 7) is 1.97. The number of carbonyl (C=O) groups excluding carboxylic acids is 1. The number of ether oxygens (including phenoxy) is 2. The molecule has 0 bridgehead atoms. The number of hydrogen-bond acceptors (Lipinski definition) is 4. The van der Waals surface area contributed by atoms with Crippen LogP contribution < -0.4 is 9.47 Å². The van der Waals surface area contributed by atoms with Crippen molar-refractivity contribution in [3.63, 3.8) is 0 Å². The van der Waals surface area contributed by atoms with Crippen molar-refractivity contribution >= 4 is 11.9 Å². The van der Waals surface area contributed by atoms with E-state index < -0.39 is 12.0 Å².